The van der Waals surface area contributed by atoms with Crippen LogP contribution in [0.2, 0.25) is 0 Å². The smallest absolute Gasteiger partial charge is 0.408 e. The first-order valence-electron chi connectivity index (χ1n) is 11.1. The maximum atomic E-state index is 13.2. The van der Waals surface area contributed by atoms with Crippen LogP contribution in [0.5, 0.6) is 0 Å². The van der Waals surface area contributed by atoms with E-state index in [1.165, 1.54) is 19.3 Å². The molecule has 11 nitrogen and oxygen atoms in total. The zero-order valence-corrected chi connectivity index (χ0v) is 20.8. The average molecular weight is 481 g/mol. The van der Waals surface area contributed by atoms with Crippen LogP contribution in [0, 0.1) is 5.92 Å². The van der Waals surface area contributed by atoms with E-state index in [9.17, 15) is 24.0 Å². The van der Waals surface area contributed by atoms with Gasteiger partial charge in [0, 0.05) is 32.2 Å². The van der Waals surface area contributed by atoms with Crippen molar-refractivity contribution in [1.82, 2.24) is 20.9 Å². The van der Waals surface area contributed by atoms with E-state index in [1.807, 2.05) is 13.8 Å². The zero-order valence-electron chi connectivity index (χ0n) is 20.8. The number of hydrogen-bond acceptors (Lipinski definition) is 7. The van der Waals surface area contributed by atoms with Gasteiger partial charge in [-0.1, -0.05) is 19.9 Å². The molecular weight excluding hydrogens is 444 g/mol. The fourth-order valence-electron chi connectivity index (χ4n) is 3.16. The number of likely N-dealkylation sites (N-methyl/N-ethyl adjacent to an activating group) is 1. The first kappa shape index (κ1) is 28.7. The van der Waals surface area contributed by atoms with Crippen molar-refractivity contribution in [3.05, 3.63) is 34.2 Å². The second-order valence-corrected chi connectivity index (χ2v) is 9.32. The van der Waals surface area contributed by atoms with Gasteiger partial charge >= 0.3 is 12.1 Å². The minimum absolute atomic E-state index is 0.0318. The molecule has 0 radical (unpaired) electrons. The lowest BCUT2D eigenvalue weighted by molar-refractivity contribution is -0.156. The van der Waals surface area contributed by atoms with Gasteiger partial charge in [-0.2, -0.15) is 0 Å². The lowest BCUT2D eigenvalue weighted by Gasteiger charge is -2.29. The molecule has 0 spiro atoms. The van der Waals surface area contributed by atoms with Crippen LogP contribution in [0.4, 0.5) is 4.79 Å². The molecular formula is C23H36N4O7. The Kier molecular flexibility index (Phi) is 10.8. The third-order valence-corrected chi connectivity index (χ3v) is 4.54. The van der Waals surface area contributed by atoms with Crippen LogP contribution in [0.25, 0.3) is 0 Å². The summed E-state index contributed by atoms with van der Waals surface area (Å²) in [6.07, 6.45) is -0.555. The maximum Gasteiger partial charge on any atom is 0.408 e. The van der Waals surface area contributed by atoms with E-state index in [1.54, 1.807) is 26.8 Å². The zero-order chi connectivity index (χ0) is 26.1. The van der Waals surface area contributed by atoms with E-state index >= 15 is 0 Å². The fourth-order valence-corrected chi connectivity index (χ4v) is 3.16. The Morgan fingerprint density at radius 2 is 1.74 bits per heavy atom. The molecule has 1 aromatic rings. The van der Waals surface area contributed by atoms with Crippen LogP contribution in [0.3, 0.4) is 0 Å². The largest absolute Gasteiger partial charge is 0.450 e. The molecule has 0 aromatic carbocycles. The molecule has 0 aliphatic carbocycles. The summed E-state index contributed by atoms with van der Waals surface area (Å²) in [5.74, 6) is -1.98. The van der Waals surface area contributed by atoms with Crippen LogP contribution in [-0.2, 0) is 30.3 Å². The van der Waals surface area contributed by atoms with Crippen molar-refractivity contribution < 1.29 is 28.7 Å². The van der Waals surface area contributed by atoms with Gasteiger partial charge in [-0.15, -0.1) is 0 Å². The highest BCUT2D eigenvalue weighted by molar-refractivity contribution is 5.88. The Balaban J connectivity index is 3.26. The predicted molar refractivity (Wildman–Crippen MR) is 125 cm³/mol. The van der Waals surface area contributed by atoms with E-state index in [0.717, 1.165) is 6.92 Å². The molecule has 4 N–H and O–H groups in total. The number of pyridine rings is 1. The number of hydrogen-bond donors (Lipinski definition) is 4. The lowest BCUT2D eigenvalue weighted by Crippen LogP contribution is -2.57. The number of alkyl carbamates (subject to hydrolysis) is 1. The minimum atomic E-state index is -1.41. The number of carbonyl (C=O) groups is 4. The van der Waals surface area contributed by atoms with Gasteiger partial charge in [0.15, 0.2) is 6.10 Å². The van der Waals surface area contributed by atoms with Crippen molar-refractivity contribution in [2.45, 2.75) is 78.2 Å². The van der Waals surface area contributed by atoms with Crippen molar-refractivity contribution >= 4 is 23.9 Å². The highest BCUT2D eigenvalue weighted by Gasteiger charge is 2.35. The molecule has 3 amide bonds. The fraction of sp³-hybridized carbons (Fsp3) is 0.609. The summed E-state index contributed by atoms with van der Waals surface area (Å²) in [6.45, 7) is 9.99. The lowest BCUT2D eigenvalue weighted by atomic mass is 9.99. The highest BCUT2D eigenvalue weighted by Crippen LogP contribution is 2.12. The Morgan fingerprint density at radius 1 is 1.09 bits per heavy atom. The number of carbonyl (C=O) groups excluding carboxylic acids is 4. The van der Waals surface area contributed by atoms with Gasteiger partial charge < -0.3 is 30.4 Å². The highest BCUT2D eigenvalue weighted by atomic mass is 16.6. The van der Waals surface area contributed by atoms with E-state index in [-0.39, 0.29) is 24.3 Å². The molecule has 0 bridgehead atoms. The minimum Gasteiger partial charge on any atom is -0.450 e. The summed E-state index contributed by atoms with van der Waals surface area (Å²) in [5, 5.41) is 7.65. The molecule has 34 heavy (non-hydrogen) atoms. The van der Waals surface area contributed by atoms with Crippen molar-refractivity contribution in [2.75, 3.05) is 7.05 Å². The Bertz CT molecular complexity index is 920. The third kappa shape index (κ3) is 10.1. The number of ether oxygens (including phenoxy) is 2. The second kappa shape index (κ2) is 12.8. The van der Waals surface area contributed by atoms with Gasteiger partial charge in [0.25, 0.3) is 11.5 Å². The van der Waals surface area contributed by atoms with Crippen LogP contribution >= 0.6 is 0 Å². The Hall–Kier alpha value is -3.37. The van der Waals surface area contributed by atoms with Gasteiger partial charge in [-0.05, 0) is 39.2 Å². The summed E-state index contributed by atoms with van der Waals surface area (Å²) in [6, 6.07) is 1.06. The third-order valence-electron chi connectivity index (χ3n) is 4.54. The van der Waals surface area contributed by atoms with Crippen molar-refractivity contribution in [2.24, 2.45) is 5.92 Å². The van der Waals surface area contributed by atoms with E-state index in [2.05, 4.69) is 20.9 Å². The van der Waals surface area contributed by atoms with Gasteiger partial charge in [-0.3, -0.25) is 19.2 Å². The van der Waals surface area contributed by atoms with Crippen LogP contribution in [0.15, 0.2) is 23.1 Å². The number of esters is 1. The number of amides is 3. The quantitative estimate of drug-likeness (QED) is 0.364. The van der Waals surface area contributed by atoms with Crippen molar-refractivity contribution in [1.29, 1.82) is 0 Å². The van der Waals surface area contributed by atoms with E-state index in [4.69, 9.17) is 9.47 Å². The molecule has 0 aliphatic rings. The number of H-pyrrole nitrogens is 1. The molecule has 1 aromatic heterocycles. The summed E-state index contributed by atoms with van der Waals surface area (Å²) < 4.78 is 10.5. The topological polar surface area (TPSA) is 156 Å². The number of aromatic amines is 1. The number of rotatable bonds is 10. The Labute approximate surface area is 199 Å². The molecule has 11 heteroatoms. The summed E-state index contributed by atoms with van der Waals surface area (Å²) in [4.78, 5) is 64.5. The first-order valence-corrected chi connectivity index (χ1v) is 11.1. The molecule has 0 aliphatic heterocycles. The standard InChI is InChI=1S/C23H36N4O7/c1-13(2)11-17(27-22(32)34-23(4,5)6)20(30)26-16(12-15-9-8-10-25-19(15)29)18(21(31)24-7)33-14(3)28/h8-10,13,16-18H,11-12H2,1-7H3,(H,24,31)(H,25,29)(H,26,30)(H,27,32). The number of nitrogens with one attached hydrogen (secondary N) is 4. The normalized spacial score (nSPS) is 13.9. The molecule has 1 rings (SSSR count). The average Bonchev–Trinajstić information content (AvgIpc) is 2.70. The monoisotopic (exact) mass is 480 g/mol. The summed E-state index contributed by atoms with van der Waals surface area (Å²) in [5.41, 5.74) is -0.903. The van der Waals surface area contributed by atoms with E-state index < -0.39 is 53.2 Å². The van der Waals surface area contributed by atoms with Crippen LogP contribution in [0.1, 0.15) is 53.5 Å². The SMILES string of the molecule is CNC(=O)C(OC(C)=O)C(Cc1ccc[nH]c1=O)NC(=O)C(CC(C)C)NC(=O)OC(C)(C)C. The molecule has 0 saturated heterocycles. The predicted octanol–water partition coefficient (Wildman–Crippen LogP) is 1.02. The summed E-state index contributed by atoms with van der Waals surface area (Å²) >= 11 is 0. The van der Waals surface area contributed by atoms with Gasteiger partial charge in [-0.25, -0.2) is 4.79 Å². The van der Waals surface area contributed by atoms with Crippen LogP contribution < -0.4 is 21.5 Å². The molecule has 3 unspecified atom stereocenters. The number of aromatic nitrogens is 1. The first-order chi connectivity index (χ1) is 15.7. The molecule has 190 valence electrons. The summed E-state index contributed by atoms with van der Waals surface area (Å²) in [7, 11) is 1.36. The molecule has 0 fully saturated rings. The Morgan fingerprint density at radius 3 is 2.24 bits per heavy atom. The van der Waals surface area contributed by atoms with Gasteiger partial charge in [0.2, 0.25) is 5.91 Å². The molecule has 1 heterocycles. The van der Waals surface area contributed by atoms with E-state index in [0.29, 0.717) is 0 Å². The maximum absolute atomic E-state index is 13.2. The van der Waals surface area contributed by atoms with Gasteiger partial charge in [0.05, 0.1) is 6.04 Å². The second-order valence-electron chi connectivity index (χ2n) is 9.32. The van der Waals surface area contributed by atoms with Crippen LogP contribution in [-0.4, -0.2) is 59.7 Å². The van der Waals surface area contributed by atoms with Crippen molar-refractivity contribution in [3.63, 3.8) is 0 Å². The van der Waals surface area contributed by atoms with Crippen molar-refractivity contribution in [3.8, 4) is 0 Å². The molecule has 3 atom stereocenters. The molecule has 0 saturated carbocycles. The van der Waals surface area contributed by atoms with Gasteiger partial charge in [0.1, 0.15) is 11.6 Å².